The molecular formula is C11H24N2S. The van der Waals surface area contributed by atoms with Crippen LogP contribution in [-0.4, -0.2) is 41.6 Å². The fraction of sp³-hybridized carbons (Fsp3) is 1.00. The molecule has 2 nitrogen and oxygen atoms in total. The third-order valence-corrected chi connectivity index (χ3v) is 4.57. The van der Waals surface area contributed by atoms with Crippen LogP contribution in [0.15, 0.2) is 0 Å². The first-order valence-corrected chi connectivity index (χ1v) is 6.92. The summed E-state index contributed by atoms with van der Waals surface area (Å²) in [6, 6.07) is 0.469. The van der Waals surface area contributed by atoms with E-state index in [2.05, 4.69) is 30.5 Å². The number of hydrogen-bond acceptors (Lipinski definition) is 3. The lowest BCUT2D eigenvalue weighted by Gasteiger charge is -2.20. The van der Waals surface area contributed by atoms with Gasteiger partial charge in [0.15, 0.2) is 0 Å². The topological polar surface area (TPSA) is 29.3 Å². The second-order valence-corrected chi connectivity index (χ2v) is 5.38. The molecular weight excluding hydrogens is 192 g/mol. The third-order valence-electron chi connectivity index (χ3n) is 3.14. The van der Waals surface area contributed by atoms with Gasteiger partial charge in [0.25, 0.3) is 0 Å². The predicted octanol–water partition coefficient (Wildman–Crippen LogP) is 1.94. The van der Waals surface area contributed by atoms with Crippen LogP contribution in [0.3, 0.4) is 0 Å². The normalized spacial score (nSPS) is 27.4. The lowest BCUT2D eigenvalue weighted by Crippen LogP contribution is -2.29. The van der Waals surface area contributed by atoms with Gasteiger partial charge in [0.2, 0.25) is 0 Å². The Labute approximate surface area is 92.6 Å². The SMILES string of the molecule is CCN(CC)CCSC1CCCC1N. The minimum atomic E-state index is 0.469. The van der Waals surface area contributed by atoms with Crippen LogP contribution in [-0.2, 0) is 0 Å². The van der Waals surface area contributed by atoms with Crippen LogP contribution in [0.5, 0.6) is 0 Å². The van der Waals surface area contributed by atoms with Crippen LogP contribution in [0.25, 0.3) is 0 Å². The van der Waals surface area contributed by atoms with Gasteiger partial charge in [-0.3, -0.25) is 0 Å². The monoisotopic (exact) mass is 216 g/mol. The number of hydrogen-bond donors (Lipinski definition) is 1. The van der Waals surface area contributed by atoms with Crippen LogP contribution in [0.1, 0.15) is 33.1 Å². The van der Waals surface area contributed by atoms with E-state index in [-0.39, 0.29) is 0 Å². The van der Waals surface area contributed by atoms with Crippen molar-refractivity contribution < 1.29 is 0 Å². The molecule has 0 saturated heterocycles. The molecule has 84 valence electrons. The standard InChI is InChI=1S/C11H24N2S/c1-3-13(4-2)8-9-14-11-7-5-6-10(11)12/h10-11H,3-9,12H2,1-2H3. The maximum absolute atomic E-state index is 6.03. The molecule has 1 aliphatic rings. The van der Waals surface area contributed by atoms with Gasteiger partial charge in [-0.25, -0.2) is 0 Å². The Morgan fingerprint density at radius 3 is 2.50 bits per heavy atom. The Bertz CT molecular complexity index is 148. The Kier molecular flexibility index (Phi) is 5.90. The number of nitrogens with two attached hydrogens (primary N) is 1. The summed E-state index contributed by atoms with van der Waals surface area (Å²) in [5.74, 6) is 1.25. The molecule has 1 saturated carbocycles. The first-order chi connectivity index (χ1) is 6.77. The van der Waals surface area contributed by atoms with Crippen molar-refractivity contribution in [2.24, 2.45) is 5.73 Å². The summed E-state index contributed by atoms with van der Waals surface area (Å²) in [5.41, 5.74) is 6.03. The molecule has 0 aliphatic heterocycles. The molecule has 1 fully saturated rings. The highest BCUT2D eigenvalue weighted by Gasteiger charge is 2.23. The zero-order valence-electron chi connectivity index (χ0n) is 9.54. The average Bonchev–Trinajstić information content (AvgIpc) is 2.59. The van der Waals surface area contributed by atoms with E-state index >= 15 is 0 Å². The van der Waals surface area contributed by atoms with Crippen molar-refractivity contribution >= 4 is 11.8 Å². The lowest BCUT2D eigenvalue weighted by atomic mass is 10.3. The molecule has 0 bridgehead atoms. The first-order valence-electron chi connectivity index (χ1n) is 5.87. The Morgan fingerprint density at radius 2 is 2.00 bits per heavy atom. The van der Waals surface area contributed by atoms with E-state index < -0.39 is 0 Å². The zero-order valence-corrected chi connectivity index (χ0v) is 10.4. The van der Waals surface area contributed by atoms with Crippen LogP contribution in [0.4, 0.5) is 0 Å². The average molecular weight is 216 g/mol. The first kappa shape index (κ1) is 12.3. The molecule has 0 aromatic rings. The van der Waals surface area contributed by atoms with E-state index in [4.69, 9.17) is 5.73 Å². The quantitative estimate of drug-likeness (QED) is 0.736. The van der Waals surface area contributed by atoms with E-state index in [0.717, 1.165) is 5.25 Å². The summed E-state index contributed by atoms with van der Waals surface area (Å²) < 4.78 is 0. The van der Waals surface area contributed by atoms with Crippen molar-refractivity contribution in [1.29, 1.82) is 0 Å². The maximum atomic E-state index is 6.03. The molecule has 3 heteroatoms. The molecule has 0 amide bonds. The summed E-state index contributed by atoms with van der Waals surface area (Å²) >= 11 is 2.08. The van der Waals surface area contributed by atoms with Gasteiger partial charge in [0, 0.05) is 23.6 Å². The minimum absolute atomic E-state index is 0.469. The molecule has 2 N–H and O–H groups in total. The van der Waals surface area contributed by atoms with E-state index in [1.54, 1.807) is 0 Å². The molecule has 0 spiro atoms. The minimum Gasteiger partial charge on any atom is -0.327 e. The molecule has 0 radical (unpaired) electrons. The third kappa shape index (κ3) is 3.79. The summed E-state index contributed by atoms with van der Waals surface area (Å²) in [5, 5.41) is 0.741. The second-order valence-electron chi connectivity index (χ2n) is 4.03. The highest BCUT2D eigenvalue weighted by Crippen LogP contribution is 2.28. The van der Waals surface area contributed by atoms with Gasteiger partial charge >= 0.3 is 0 Å². The summed E-state index contributed by atoms with van der Waals surface area (Å²) in [4.78, 5) is 2.48. The Hall–Kier alpha value is 0.270. The van der Waals surface area contributed by atoms with Crippen LogP contribution in [0.2, 0.25) is 0 Å². The van der Waals surface area contributed by atoms with E-state index in [0.29, 0.717) is 6.04 Å². The Morgan fingerprint density at radius 1 is 1.29 bits per heavy atom. The van der Waals surface area contributed by atoms with Gasteiger partial charge in [0.1, 0.15) is 0 Å². The molecule has 1 aliphatic carbocycles. The van der Waals surface area contributed by atoms with Crippen LogP contribution in [0, 0.1) is 0 Å². The van der Waals surface area contributed by atoms with Crippen LogP contribution >= 0.6 is 11.8 Å². The van der Waals surface area contributed by atoms with Crippen LogP contribution < -0.4 is 5.73 Å². The van der Waals surface area contributed by atoms with Crippen molar-refractivity contribution in [2.75, 3.05) is 25.4 Å². The van der Waals surface area contributed by atoms with Gasteiger partial charge in [-0.2, -0.15) is 11.8 Å². The molecule has 14 heavy (non-hydrogen) atoms. The maximum Gasteiger partial charge on any atom is 0.0199 e. The number of thioether (sulfide) groups is 1. The smallest absolute Gasteiger partial charge is 0.0199 e. The van der Waals surface area contributed by atoms with Crippen molar-refractivity contribution in [1.82, 2.24) is 4.90 Å². The largest absolute Gasteiger partial charge is 0.327 e. The highest BCUT2D eigenvalue weighted by atomic mass is 32.2. The molecule has 0 aromatic carbocycles. The van der Waals surface area contributed by atoms with Gasteiger partial charge in [-0.05, 0) is 25.9 Å². The highest BCUT2D eigenvalue weighted by molar-refractivity contribution is 8.00. The molecule has 1 rings (SSSR count). The van der Waals surface area contributed by atoms with Gasteiger partial charge in [0.05, 0.1) is 0 Å². The molecule has 0 aromatic heterocycles. The summed E-state index contributed by atoms with van der Waals surface area (Å²) in [6.07, 6.45) is 3.91. The fourth-order valence-electron chi connectivity index (χ4n) is 2.03. The van der Waals surface area contributed by atoms with Gasteiger partial charge in [-0.1, -0.05) is 20.3 Å². The van der Waals surface area contributed by atoms with Gasteiger partial charge < -0.3 is 10.6 Å². The summed E-state index contributed by atoms with van der Waals surface area (Å²) in [7, 11) is 0. The van der Waals surface area contributed by atoms with E-state index in [1.807, 2.05) is 0 Å². The zero-order chi connectivity index (χ0) is 10.4. The molecule has 2 atom stereocenters. The number of nitrogens with zero attached hydrogens (tertiary/aromatic N) is 1. The number of rotatable bonds is 6. The molecule has 2 unspecified atom stereocenters. The van der Waals surface area contributed by atoms with E-state index in [1.165, 1.54) is 44.6 Å². The predicted molar refractivity (Wildman–Crippen MR) is 65.9 cm³/mol. The van der Waals surface area contributed by atoms with Crippen molar-refractivity contribution in [3.8, 4) is 0 Å². The fourth-order valence-corrected chi connectivity index (χ4v) is 3.42. The molecule has 0 heterocycles. The second kappa shape index (κ2) is 6.70. The van der Waals surface area contributed by atoms with Crippen molar-refractivity contribution in [2.45, 2.75) is 44.4 Å². The van der Waals surface area contributed by atoms with Crippen molar-refractivity contribution in [3.63, 3.8) is 0 Å². The van der Waals surface area contributed by atoms with Crippen molar-refractivity contribution in [3.05, 3.63) is 0 Å². The Balaban J connectivity index is 2.08. The summed E-state index contributed by atoms with van der Waals surface area (Å²) in [6.45, 7) is 8.04. The van der Waals surface area contributed by atoms with Gasteiger partial charge in [-0.15, -0.1) is 0 Å². The lowest BCUT2D eigenvalue weighted by molar-refractivity contribution is 0.323. The van der Waals surface area contributed by atoms with E-state index in [9.17, 15) is 0 Å².